The molecule has 0 aliphatic heterocycles. The van der Waals surface area contributed by atoms with Gasteiger partial charge in [0.1, 0.15) is 0 Å². The highest BCUT2D eigenvalue weighted by molar-refractivity contribution is 7.92. The topological polar surface area (TPSA) is 49.4 Å². The summed E-state index contributed by atoms with van der Waals surface area (Å²) >= 11 is 0. The van der Waals surface area contributed by atoms with Gasteiger partial charge in [-0.3, -0.25) is 4.72 Å². The van der Waals surface area contributed by atoms with Crippen LogP contribution in [0.4, 0.5) is 5.69 Å². The van der Waals surface area contributed by atoms with Gasteiger partial charge in [0.25, 0.3) is 0 Å². The Morgan fingerprint density at radius 1 is 1.00 bits per heavy atom. The van der Waals surface area contributed by atoms with E-state index >= 15 is 0 Å². The van der Waals surface area contributed by atoms with Gasteiger partial charge >= 0.3 is 0 Å². The van der Waals surface area contributed by atoms with Gasteiger partial charge in [-0.25, -0.2) is 8.42 Å². The lowest BCUT2D eigenvalue weighted by atomic mass is 10.1. The number of rotatable bonds is 13. The molecule has 0 heterocycles. The zero-order valence-electron chi connectivity index (χ0n) is 16.0. The highest BCUT2D eigenvalue weighted by Gasteiger charge is 2.01. The summed E-state index contributed by atoms with van der Waals surface area (Å²) in [6.07, 6.45) is 13.1. The molecule has 0 fully saturated rings. The van der Waals surface area contributed by atoms with Crippen LogP contribution >= 0.6 is 0 Å². The summed E-state index contributed by atoms with van der Waals surface area (Å²) in [7, 11) is -3.21. The first-order valence-electron chi connectivity index (χ1n) is 9.41. The molecule has 0 aliphatic carbocycles. The van der Waals surface area contributed by atoms with Crippen LogP contribution in [0.1, 0.15) is 57.9 Å². The van der Waals surface area contributed by atoms with Crippen LogP contribution < -0.4 is 4.72 Å². The van der Waals surface area contributed by atoms with Gasteiger partial charge in [0, 0.05) is 12.2 Å². The average Bonchev–Trinajstić information content (AvgIpc) is 2.56. The molecule has 0 atom stereocenters. The van der Waals surface area contributed by atoms with E-state index in [1.807, 2.05) is 12.1 Å². The quantitative estimate of drug-likeness (QED) is 0.512. The van der Waals surface area contributed by atoms with Crippen LogP contribution in [0.2, 0.25) is 0 Å². The van der Waals surface area contributed by atoms with E-state index < -0.39 is 10.0 Å². The molecular formula is C20H34N2O2S. The summed E-state index contributed by atoms with van der Waals surface area (Å²) in [5, 5.41) is 0. The molecule has 1 N–H and O–H groups in total. The molecule has 0 saturated heterocycles. The van der Waals surface area contributed by atoms with E-state index in [-0.39, 0.29) is 0 Å². The average molecular weight is 367 g/mol. The van der Waals surface area contributed by atoms with Gasteiger partial charge in [0.05, 0.1) is 6.26 Å². The van der Waals surface area contributed by atoms with Gasteiger partial charge in [-0.1, -0.05) is 63.8 Å². The standard InChI is InChI=1S/C20H34N2O2S/c1-4-6-7-8-10-17-22(5-2)18-11-9-12-19-13-15-20(16-14-19)21-25(3,23)24/h9,12-16,21H,4-8,10-11,17-18H2,1-3H3/b12-9+. The molecule has 142 valence electrons. The number of hydrogen-bond donors (Lipinski definition) is 1. The van der Waals surface area contributed by atoms with Gasteiger partial charge < -0.3 is 4.90 Å². The van der Waals surface area contributed by atoms with Crippen LogP contribution in [0.5, 0.6) is 0 Å². The van der Waals surface area contributed by atoms with Crippen LogP contribution in [-0.2, 0) is 10.0 Å². The van der Waals surface area contributed by atoms with Gasteiger partial charge in [-0.2, -0.15) is 0 Å². The van der Waals surface area contributed by atoms with E-state index in [1.165, 1.54) is 38.6 Å². The monoisotopic (exact) mass is 366 g/mol. The number of benzene rings is 1. The number of nitrogens with zero attached hydrogens (tertiary/aromatic N) is 1. The third-order valence-corrected chi connectivity index (χ3v) is 4.77. The van der Waals surface area contributed by atoms with Crippen molar-refractivity contribution in [2.24, 2.45) is 0 Å². The predicted octanol–water partition coefficient (Wildman–Crippen LogP) is 4.75. The van der Waals surface area contributed by atoms with Crippen molar-refractivity contribution in [2.45, 2.75) is 52.4 Å². The minimum Gasteiger partial charge on any atom is -0.303 e. The maximum atomic E-state index is 11.2. The molecular weight excluding hydrogens is 332 g/mol. The lowest BCUT2D eigenvalue weighted by Crippen LogP contribution is -2.25. The molecule has 4 nitrogen and oxygen atoms in total. The summed E-state index contributed by atoms with van der Waals surface area (Å²) < 4.78 is 24.8. The van der Waals surface area contributed by atoms with E-state index in [0.717, 1.165) is 31.3 Å². The van der Waals surface area contributed by atoms with E-state index in [9.17, 15) is 8.42 Å². The predicted molar refractivity (Wildman–Crippen MR) is 109 cm³/mol. The van der Waals surface area contributed by atoms with Crippen molar-refractivity contribution < 1.29 is 8.42 Å². The Kier molecular flexibility index (Phi) is 10.5. The molecule has 0 radical (unpaired) electrons. The van der Waals surface area contributed by atoms with E-state index in [2.05, 4.69) is 35.6 Å². The van der Waals surface area contributed by atoms with Gasteiger partial charge in [-0.15, -0.1) is 0 Å². The van der Waals surface area contributed by atoms with E-state index in [4.69, 9.17) is 0 Å². The lowest BCUT2D eigenvalue weighted by Gasteiger charge is -2.19. The minimum atomic E-state index is -3.21. The molecule has 0 bridgehead atoms. The molecule has 1 rings (SSSR count). The smallest absolute Gasteiger partial charge is 0.229 e. The zero-order valence-corrected chi connectivity index (χ0v) is 16.8. The summed E-state index contributed by atoms with van der Waals surface area (Å²) in [5.74, 6) is 0. The van der Waals surface area contributed by atoms with Crippen molar-refractivity contribution in [1.29, 1.82) is 0 Å². The number of anilines is 1. The third kappa shape index (κ3) is 11.0. The number of hydrogen-bond acceptors (Lipinski definition) is 3. The molecule has 0 unspecified atom stereocenters. The van der Waals surface area contributed by atoms with Crippen molar-refractivity contribution in [1.82, 2.24) is 4.90 Å². The van der Waals surface area contributed by atoms with Crippen molar-refractivity contribution >= 4 is 21.8 Å². The lowest BCUT2D eigenvalue weighted by molar-refractivity contribution is 0.286. The maximum absolute atomic E-state index is 11.2. The fraction of sp³-hybridized carbons (Fsp3) is 0.600. The number of unbranched alkanes of at least 4 members (excludes halogenated alkanes) is 4. The molecule has 0 spiro atoms. The largest absolute Gasteiger partial charge is 0.303 e. The minimum absolute atomic E-state index is 0.597. The van der Waals surface area contributed by atoms with Crippen LogP contribution in [0.25, 0.3) is 6.08 Å². The SMILES string of the molecule is CCCCCCCN(CC)CC/C=C/c1ccc(NS(C)(=O)=O)cc1. The Morgan fingerprint density at radius 2 is 1.68 bits per heavy atom. The molecule has 0 saturated carbocycles. The number of nitrogens with one attached hydrogen (secondary N) is 1. The van der Waals surface area contributed by atoms with Crippen LogP contribution in [0.15, 0.2) is 30.3 Å². The van der Waals surface area contributed by atoms with Crippen molar-refractivity contribution in [3.8, 4) is 0 Å². The van der Waals surface area contributed by atoms with Gasteiger partial charge in [-0.05, 0) is 43.6 Å². The van der Waals surface area contributed by atoms with E-state index in [0.29, 0.717) is 5.69 Å². The van der Waals surface area contributed by atoms with Crippen molar-refractivity contribution in [3.63, 3.8) is 0 Å². The molecule has 0 aliphatic rings. The van der Waals surface area contributed by atoms with Crippen LogP contribution in [0, 0.1) is 0 Å². The Morgan fingerprint density at radius 3 is 2.28 bits per heavy atom. The molecule has 0 aromatic heterocycles. The van der Waals surface area contributed by atoms with Gasteiger partial charge in [0.2, 0.25) is 10.0 Å². The van der Waals surface area contributed by atoms with Crippen LogP contribution in [0.3, 0.4) is 0 Å². The summed E-state index contributed by atoms with van der Waals surface area (Å²) in [6.45, 7) is 7.87. The summed E-state index contributed by atoms with van der Waals surface area (Å²) in [4.78, 5) is 2.51. The fourth-order valence-corrected chi connectivity index (χ4v) is 3.28. The Labute approximate surface area is 154 Å². The Balaban J connectivity index is 2.31. The van der Waals surface area contributed by atoms with Gasteiger partial charge in [0.15, 0.2) is 0 Å². The first-order chi connectivity index (χ1) is 11.9. The first kappa shape index (κ1) is 21.7. The zero-order chi connectivity index (χ0) is 18.5. The second-order valence-corrected chi connectivity index (χ2v) is 8.28. The normalized spacial score (nSPS) is 12.2. The Hall–Kier alpha value is -1.33. The molecule has 1 aromatic rings. The maximum Gasteiger partial charge on any atom is 0.229 e. The first-order valence-corrected chi connectivity index (χ1v) is 11.3. The second-order valence-electron chi connectivity index (χ2n) is 6.54. The van der Waals surface area contributed by atoms with E-state index in [1.54, 1.807) is 12.1 Å². The molecule has 5 heteroatoms. The highest BCUT2D eigenvalue weighted by Crippen LogP contribution is 2.12. The molecule has 25 heavy (non-hydrogen) atoms. The number of sulfonamides is 1. The Bertz CT molecular complexity index is 595. The molecule has 1 aromatic carbocycles. The highest BCUT2D eigenvalue weighted by atomic mass is 32.2. The van der Waals surface area contributed by atoms with Crippen molar-refractivity contribution in [3.05, 3.63) is 35.9 Å². The van der Waals surface area contributed by atoms with Crippen LogP contribution in [-0.4, -0.2) is 39.2 Å². The molecule has 0 amide bonds. The van der Waals surface area contributed by atoms with Crippen molar-refractivity contribution in [2.75, 3.05) is 30.6 Å². The summed E-state index contributed by atoms with van der Waals surface area (Å²) in [6, 6.07) is 7.43. The third-order valence-electron chi connectivity index (χ3n) is 4.16. The fourth-order valence-electron chi connectivity index (χ4n) is 2.72. The second kappa shape index (κ2) is 12.1. The summed E-state index contributed by atoms with van der Waals surface area (Å²) in [5.41, 5.74) is 1.68.